The van der Waals surface area contributed by atoms with Gasteiger partial charge in [0.05, 0.1) is 7.11 Å². The largest absolute Gasteiger partial charge is 0.468 e. The van der Waals surface area contributed by atoms with Gasteiger partial charge in [-0.25, -0.2) is 0 Å². The van der Waals surface area contributed by atoms with Gasteiger partial charge in [0.15, 0.2) is 0 Å². The van der Waals surface area contributed by atoms with Gasteiger partial charge in [-0.1, -0.05) is 6.07 Å². The molecule has 92 valence electrons. The van der Waals surface area contributed by atoms with Crippen LogP contribution in [-0.2, 0) is 16.1 Å². The van der Waals surface area contributed by atoms with Crippen molar-refractivity contribution < 1.29 is 9.53 Å². The van der Waals surface area contributed by atoms with E-state index in [4.69, 9.17) is 4.74 Å². The second-order valence-electron chi connectivity index (χ2n) is 4.68. The summed E-state index contributed by atoms with van der Waals surface area (Å²) in [5, 5.41) is 3.31. The van der Waals surface area contributed by atoms with Crippen molar-refractivity contribution in [2.75, 3.05) is 7.11 Å². The van der Waals surface area contributed by atoms with Crippen LogP contribution in [0, 0.1) is 5.92 Å². The maximum Gasteiger partial charge on any atom is 0.326 e. The molecule has 0 unspecified atom stereocenters. The van der Waals surface area contributed by atoms with E-state index in [0.29, 0.717) is 12.5 Å². The summed E-state index contributed by atoms with van der Waals surface area (Å²) in [5.74, 6) is 0.218. The lowest BCUT2D eigenvalue weighted by Gasteiger charge is -2.28. The number of rotatable bonds is 5. The molecule has 1 aliphatic carbocycles. The fourth-order valence-corrected chi connectivity index (χ4v) is 2.04. The summed E-state index contributed by atoms with van der Waals surface area (Å²) in [6.07, 6.45) is 5.72. The normalized spacial score (nSPS) is 18.5. The van der Waals surface area contributed by atoms with Gasteiger partial charge in [-0.15, -0.1) is 0 Å². The Balaban J connectivity index is 2.01. The summed E-state index contributed by atoms with van der Waals surface area (Å²) in [7, 11) is 1.44. The molecule has 1 aromatic heterocycles. The lowest BCUT2D eigenvalue weighted by Crippen LogP contribution is -2.51. The van der Waals surface area contributed by atoms with Crippen molar-refractivity contribution in [3.8, 4) is 0 Å². The van der Waals surface area contributed by atoms with Crippen LogP contribution in [0.4, 0.5) is 0 Å². The van der Waals surface area contributed by atoms with Crippen molar-refractivity contribution >= 4 is 5.97 Å². The number of carbonyl (C=O) groups is 1. The van der Waals surface area contributed by atoms with Crippen LogP contribution in [-0.4, -0.2) is 23.6 Å². The van der Waals surface area contributed by atoms with Crippen molar-refractivity contribution in [3.05, 3.63) is 30.1 Å². The average molecular weight is 234 g/mol. The van der Waals surface area contributed by atoms with Crippen molar-refractivity contribution in [3.63, 3.8) is 0 Å². The Labute approximate surface area is 101 Å². The van der Waals surface area contributed by atoms with E-state index in [1.807, 2.05) is 19.1 Å². The first-order valence-corrected chi connectivity index (χ1v) is 5.89. The number of hydrogen-bond acceptors (Lipinski definition) is 4. The minimum Gasteiger partial charge on any atom is -0.468 e. The Morgan fingerprint density at radius 2 is 2.41 bits per heavy atom. The summed E-state index contributed by atoms with van der Waals surface area (Å²) in [6.45, 7) is 2.56. The third-order valence-corrected chi connectivity index (χ3v) is 3.39. The standard InChI is InChI=1S/C13H18N2O2/c1-13(11-5-6-11,12(16)17-2)15-9-10-4-3-7-14-8-10/h3-4,7-8,11,15H,5-6,9H2,1-2H3/t13-/m1/s1. The molecule has 0 aliphatic heterocycles. The van der Waals surface area contributed by atoms with Crippen LogP contribution in [0.15, 0.2) is 24.5 Å². The molecule has 1 N–H and O–H groups in total. The molecule has 4 nitrogen and oxygen atoms in total. The summed E-state index contributed by atoms with van der Waals surface area (Å²) < 4.78 is 4.89. The zero-order valence-corrected chi connectivity index (χ0v) is 10.3. The molecular weight excluding hydrogens is 216 g/mol. The molecule has 17 heavy (non-hydrogen) atoms. The van der Waals surface area contributed by atoms with E-state index in [-0.39, 0.29) is 5.97 Å². The van der Waals surface area contributed by atoms with Gasteiger partial charge in [-0.05, 0) is 37.3 Å². The first kappa shape index (κ1) is 12.0. The molecule has 2 rings (SSSR count). The predicted molar refractivity (Wildman–Crippen MR) is 64.2 cm³/mol. The first-order valence-electron chi connectivity index (χ1n) is 5.89. The summed E-state index contributed by atoms with van der Waals surface area (Å²) in [5.41, 5.74) is 0.508. The van der Waals surface area contributed by atoms with Crippen molar-refractivity contribution in [1.29, 1.82) is 0 Å². The number of aromatic nitrogens is 1. The molecule has 1 heterocycles. The van der Waals surface area contributed by atoms with E-state index in [0.717, 1.165) is 18.4 Å². The zero-order valence-electron chi connectivity index (χ0n) is 10.3. The van der Waals surface area contributed by atoms with E-state index in [9.17, 15) is 4.79 Å². The van der Waals surface area contributed by atoms with Crippen LogP contribution in [0.3, 0.4) is 0 Å². The van der Waals surface area contributed by atoms with Crippen molar-refractivity contribution in [2.24, 2.45) is 5.92 Å². The van der Waals surface area contributed by atoms with Gasteiger partial charge < -0.3 is 4.74 Å². The molecule has 0 radical (unpaired) electrons. The summed E-state index contributed by atoms with van der Waals surface area (Å²) in [4.78, 5) is 15.9. The zero-order chi connectivity index (χ0) is 12.3. The molecule has 0 amide bonds. The Morgan fingerprint density at radius 1 is 1.65 bits per heavy atom. The highest BCUT2D eigenvalue weighted by Gasteiger charge is 2.47. The van der Waals surface area contributed by atoms with Crippen LogP contribution in [0.2, 0.25) is 0 Å². The summed E-state index contributed by atoms with van der Waals surface area (Å²) >= 11 is 0. The van der Waals surface area contributed by atoms with Gasteiger partial charge in [0.1, 0.15) is 5.54 Å². The minimum absolute atomic E-state index is 0.177. The Kier molecular flexibility index (Phi) is 3.43. The highest BCUT2D eigenvalue weighted by molar-refractivity contribution is 5.81. The van der Waals surface area contributed by atoms with Gasteiger partial charge in [-0.2, -0.15) is 0 Å². The van der Waals surface area contributed by atoms with Gasteiger partial charge >= 0.3 is 5.97 Å². The van der Waals surface area contributed by atoms with Crippen molar-refractivity contribution in [1.82, 2.24) is 10.3 Å². The lowest BCUT2D eigenvalue weighted by atomic mass is 9.95. The molecule has 0 spiro atoms. The quantitative estimate of drug-likeness (QED) is 0.785. The van der Waals surface area contributed by atoms with Crippen LogP contribution < -0.4 is 5.32 Å². The SMILES string of the molecule is COC(=O)[C@](C)(NCc1cccnc1)C1CC1. The molecule has 0 bridgehead atoms. The smallest absolute Gasteiger partial charge is 0.326 e. The highest BCUT2D eigenvalue weighted by Crippen LogP contribution is 2.40. The maximum atomic E-state index is 11.8. The number of methoxy groups -OCH3 is 1. The predicted octanol–water partition coefficient (Wildman–Crippen LogP) is 1.51. The monoisotopic (exact) mass is 234 g/mol. The molecule has 0 aromatic carbocycles. The number of carbonyl (C=O) groups excluding carboxylic acids is 1. The second kappa shape index (κ2) is 4.84. The van der Waals surface area contributed by atoms with Crippen molar-refractivity contribution in [2.45, 2.75) is 31.8 Å². The molecular formula is C13H18N2O2. The second-order valence-corrected chi connectivity index (χ2v) is 4.68. The van der Waals surface area contributed by atoms with Gasteiger partial charge in [0.25, 0.3) is 0 Å². The van der Waals surface area contributed by atoms with Crippen LogP contribution >= 0.6 is 0 Å². The molecule has 4 heteroatoms. The van der Waals surface area contributed by atoms with Gasteiger partial charge in [0, 0.05) is 18.9 Å². The molecule has 0 saturated heterocycles. The summed E-state index contributed by atoms with van der Waals surface area (Å²) in [6, 6.07) is 3.88. The lowest BCUT2D eigenvalue weighted by molar-refractivity contribution is -0.149. The van der Waals surface area contributed by atoms with Gasteiger partial charge in [-0.3, -0.25) is 15.1 Å². The highest BCUT2D eigenvalue weighted by atomic mass is 16.5. The van der Waals surface area contributed by atoms with Gasteiger partial charge in [0.2, 0.25) is 0 Å². The van der Waals surface area contributed by atoms with Crippen LogP contribution in [0.25, 0.3) is 0 Å². The maximum absolute atomic E-state index is 11.8. The fourth-order valence-electron chi connectivity index (χ4n) is 2.04. The Bertz CT molecular complexity index is 390. The first-order chi connectivity index (χ1) is 8.16. The van der Waals surface area contributed by atoms with E-state index in [1.165, 1.54) is 7.11 Å². The Hall–Kier alpha value is -1.42. The van der Waals surface area contributed by atoms with E-state index < -0.39 is 5.54 Å². The molecule has 1 aliphatic rings. The average Bonchev–Trinajstić information content (AvgIpc) is 3.20. The minimum atomic E-state index is -0.565. The number of ether oxygens (including phenoxy) is 1. The third-order valence-electron chi connectivity index (χ3n) is 3.39. The van der Waals surface area contributed by atoms with E-state index >= 15 is 0 Å². The number of pyridine rings is 1. The Morgan fingerprint density at radius 3 is 2.94 bits per heavy atom. The van der Waals surface area contributed by atoms with E-state index in [1.54, 1.807) is 12.4 Å². The number of nitrogens with one attached hydrogen (secondary N) is 1. The molecule has 1 saturated carbocycles. The molecule has 1 atom stereocenters. The number of nitrogens with zero attached hydrogens (tertiary/aromatic N) is 1. The van der Waals surface area contributed by atoms with Crippen LogP contribution in [0.1, 0.15) is 25.3 Å². The topological polar surface area (TPSA) is 51.2 Å². The fraction of sp³-hybridized carbons (Fsp3) is 0.538. The number of hydrogen-bond donors (Lipinski definition) is 1. The molecule has 1 fully saturated rings. The van der Waals surface area contributed by atoms with E-state index in [2.05, 4.69) is 10.3 Å². The van der Waals surface area contributed by atoms with Crippen LogP contribution in [0.5, 0.6) is 0 Å². The number of esters is 1. The molecule has 1 aromatic rings. The third kappa shape index (κ3) is 2.64.